The number of nitrogens with zero attached hydrogens (tertiary/aromatic N) is 2. The highest BCUT2D eigenvalue weighted by Crippen LogP contribution is 2.29. The van der Waals surface area contributed by atoms with E-state index >= 15 is 0 Å². The van der Waals surface area contributed by atoms with E-state index < -0.39 is 0 Å². The first-order chi connectivity index (χ1) is 8.63. The van der Waals surface area contributed by atoms with Gasteiger partial charge < -0.3 is 10.6 Å². The second-order valence-electron chi connectivity index (χ2n) is 5.05. The molecule has 0 aliphatic carbocycles. The Morgan fingerprint density at radius 3 is 2.89 bits per heavy atom. The van der Waals surface area contributed by atoms with Gasteiger partial charge in [-0.2, -0.15) is 0 Å². The fourth-order valence-electron chi connectivity index (χ4n) is 2.07. The van der Waals surface area contributed by atoms with Crippen LogP contribution in [0.2, 0.25) is 0 Å². The number of carbonyl (C=O) groups is 1. The summed E-state index contributed by atoms with van der Waals surface area (Å²) >= 11 is 1.56. The molecular formula is C13H19N3OS. The van der Waals surface area contributed by atoms with Gasteiger partial charge in [0, 0.05) is 30.4 Å². The van der Waals surface area contributed by atoms with E-state index in [1.165, 1.54) is 0 Å². The molecule has 2 heterocycles. The van der Waals surface area contributed by atoms with Crippen molar-refractivity contribution in [3.8, 4) is 0 Å². The predicted molar refractivity (Wildman–Crippen MR) is 73.3 cm³/mol. The number of hydrogen-bond donors (Lipinski definition) is 1. The number of thioether (sulfide) groups is 1. The SMILES string of the molecule is CC1(CN)CCN(C(=O)CSc2ccncc2)C1. The summed E-state index contributed by atoms with van der Waals surface area (Å²) in [5.74, 6) is 0.694. The molecule has 98 valence electrons. The van der Waals surface area contributed by atoms with Crippen LogP contribution in [0.3, 0.4) is 0 Å². The zero-order valence-corrected chi connectivity index (χ0v) is 11.4. The Bertz CT molecular complexity index is 412. The molecular weight excluding hydrogens is 246 g/mol. The van der Waals surface area contributed by atoms with E-state index in [4.69, 9.17) is 5.73 Å². The summed E-state index contributed by atoms with van der Waals surface area (Å²) in [4.78, 5) is 19.0. The van der Waals surface area contributed by atoms with Gasteiger partial charge in [0.2, 0.25) is 5.91 Å². The Labute approximate surface area is 112 Å². The second kappa shape index (κ2) is 5.71. The van der Waals surface area contributed by atoms with Crippen LogP contribution in [0.15, 0.2) is 29.4 Å². The van der Waals surface area contributed by atoms with E-state index in [1.54, 1.807) is 24.2 Å². The number of hydrogen-bond acceptors (Lipinski definition) is 4. The van der Waals surface area contributed by atoms with Crippen molar-refractivity contribution in [2.24, 2.45) is 11.1 Å². The Kier molecular flexibility index (Phi) is 4.24. The zero-order valence-electron chi connectivity index (χ0n) is 10.6. The molecule has 0 saturated carbocycles. The number of pyridine rings is 1. The Morgan fingerprint density at radius 2 is 2.28 bits per heavy atom. The zero-order chi connectivity index (χ0) is 13.0. The minimum Gasteiger partial charge on any atom is -0.341 e. The third-order valence-electron chi connectivity index (χ3n) is 3.42. The first-order valence-electron chi connectivity index (χ1n) is 6.14. The van der Waals surface area contributed by atoms with Gasteiger partial charge in [-0.15, -0.1) is 11.8 Å². The van der Waals surface area contributed by atoms with Crippen LogP contribution in [0.5, 0.6) is 0 Å². The van der Waals surface area contributed by atoms with Crippen molar-refractivity contribution in [1.82, 2.24) is 9.88 Å². The third kappa shape index (κ3) is 3.23. The summed E-state index contributed by atoms with van der Waals surface area (Å²) < 4.78 is 0. The Balaban J connectivity index is 1.83. The maximum Gasteiger partial charge on any atom is 0.232 e. The average molecular weight is 265 g/mol. The number of rotatable bonds is 4. The van der Waals surface area contributed by atoms with Crippen LogP contribution in [-0.2, 0) is 4.79 Å². The van der Waals surface area contributed by atoms with Gasteiger partial charge in [-0.05, 0) is 30.5 Å². The van der Waals surface area contributed by atoms with Crippen molar-refractivity contribution in [3.63, 3.8) is 0 Å². The fraction of sp³-hybridized carbons (Fsp3) is 0.538. The van der Waals surface area contributed by atoms with E-state index in [1.807, 2.05) is 17.0 Å². The Morgan fingerprint density at radius 1 is 1.56 bits per heavy atom. The molecule has 2 rings (SSSR count). The van der Waals surface area contributed by atoms with Gasteiger partial charge in [-0.25, -0.2) is 0 Å². The summed E-state index contributed by atoms with van der Waals surface area (Å²) in [7, 11) is 0. The molecule has 1 saturated heterocycles. The number of amides is 1. The van der Waals surface area contributed by atoms with E-state index in [2.05, 4.69) is 11.9 Å². The van der Waals surface area contributed by atoms with Crippen LogP contribution >= 0.6 is 11.8 Å². The molecule has 18 heavy (non-hydrogen) atoms. The van der Waals surface area contributed by atoms with Crippen molar-refractivity contribution in [3.05, 3.63) is 24.5 Å². The molecule has 0 radical (unpaired) electrons. The van der Waals surface area contributed by atoms with Gasteiger partial charge in [0.1, 0.15) is 0 Å². The predicted octanol–water partition coefficient (Wildman–Crippen LogP) is 1.37. The monoisotopic (exact) mass is 265 g/mol. The van der Waals surface area contributed by atoms with Gasteiger partial charge in [-0.1, -0.05) is 6.92 Å². The van der Waals surface area contributed by atoms with Crippen LogP contribution in [0.25, 0.3) is 0 Å². The van der Waals surface area contributed by atoms with Crippen molar-refractivity contribution in [1.29, 1.82) is 0 Å². The molecule has 0 spiro atoms. The molecule has 4 nitrogen and oxygen atoms in total. The summed E-state index contributed by atoms with van der Waals surface area (Å²) in [6.45, 7) is 4.42. The van der Waals surface area contributed by atoms with Gasteiger partial charge in [-0.3, -0.25) is 9.78 Å². The molecule has 2 N–H and O–H groups in total. The number of aromatic nitrogens is 1. The quantitative estimate of drug-likeness (QED) is 0.835. The number of likely N-dealkylation sites (tertiary alicyclic amines) is 1. The van der Waals surface area contributed by atoms with Gasteiger partial charge in [0.05, 0.1) is 5.75 Å². The van der Waals surface area contributed by atoms with E-state index in [-0.39, 0.29) is 11.3 Å². The van der Waals surface area contributed by atoms with E-state index in [0.29, 0.717) is 12.3 Å². The third-order valence-corrected chi connectivity index (χ3v) is 4.41. The lowest BCUT2D eigenvalue weighted by atomic mass is 9.90. The summed E-state index contributed by atoms with van der Waals surface area (Å²) in [5.41, 5.74) is 5.85. The first-order valence-corrected chi connectivity index (χ1v) is 7.12. The summed E-state index contributed by atoms with van der Waals surface area (Å²) in [5, 5.41) is 0. The normalized spacial score (nSPS) is 23.3. The van der Waals surface area contributed by atoms with Crippen molar-refractivity contribution in [2.45, 2.75) is 18.2 Å². The second-order valence-corrected chi connectivity index (χ2v) is 6.10. The highest BCUT2D eigenvalue weighted by Gasteiger charge is 2.34. The highest BCUT2D eigenvalue weighted by atomic mass is 32.2. The van der Waals surface area contributed by atoms with E-state index in [9.17, 15) is 4.79 Å². The average Bonchev–Trinajstić information content (AvgIpc) is 2.81. The summed E-state index contributed by atoms with van der Waals surface area (Å²) in [6, 6.07) is 3.85. The molecule has 1 aromatic rings. The number of nitrogens with two attached hydrogens (primary N) is 1. The maximum atomic E-state index is 12.1. The molecule has 1 aliphatic rings. The standard InChI is InChI=1S/C13H19N3OS/c1-13(9-14)4-7-16(10-13)12(17)8-18-11-2-5-15-6-3-11/h2-3,5-6H,4,7-10,14H2,1H3. The fourth-order valence-corrected chi connectivity index (χ4v) is 2.86. The van der Waals surface area contributed by atoms with Crippen LogP contribution in [0.4, 0.5) is 0 Å². The van der Waals surface area contributed by atoms with Crippen LogP contribution in [0, 0.1) is 5.41 Å². The largest absolute Gasteiger partial charge is 0.341 e. The Hall–Kier alpha value is -1.07. The minimum atomic E-state index is 0.108. The molecule has 1 aliphatic heterocycles. The van der Waals surface area contributed by atoms with Crippen LogP contribution in [-0.4, -0.2) is 41.2 Å². The molecule has 1 fully saturated rings. The first kappa shape index (κ1) is 13.4. The lowest BCUT2D eigenvalue weighted by Crippen LogP contribution is -2.35. The van der Waals surface area contributed by atoms with E-state index in [0.717, 1.165) is 24.4 Å². The van der Waals surface area contributed by atoms with Gasteiger partial charge >= 0.3 is 0 Å². The maximum absolute atomic E-state index is 12.1. The topological polar surface area (TPSA) is 59.2 Å². The molecule has 0 aromatic carbocycles. The molecule has 1 amide bonds. The molecule has 1 unspecified atom stereocenters. The lowest BCUT2D eigenvalue weighted by Gasteiger charge is -2.22. The number of carbonyl (C=O) groups excluding carboxylic acids is 1. The molecule has 1 aromatic heterocycles. The van der Waals surface area contributed by atoms with Gasteiger partial charge in [0.15, 0.2) is 0 Å². The lowest BCUT2D eigenvalue weighted by molar-refractivity contribution is -0.127. The smallest absolute Gasteiger partial charge is 0.232 e. The van der Waals surface area contributed by atoms with Crippen molar-refractivity contribution < 1.29 is 4.79 Å². The highest BCUT2D eigenvalue weighted by molar-refractivity contribution is 8.00. The summed E-state index contributed by atoms with van der Waals surface area (Å²) in [6.07, 6.45) is 4.50. The van der Waals surface area contributed by atoms with Crippen molar-refractivity contribution in [2.75, 3.05) is 25.4 Å². The molecule has 0 bridgehead atoms. The molecule has 5 heteroatoms. The minimum absolute atomic E-state index is 0.108. The van der Waals surface area contributed by atoms with Crippen LogP contribution < -0.4 is 5.73 Å². The van der Waals surface area contributed by atoms with Gasteiger partial charge in [0.25, 0.3) is 0 Å². The van der Waals surface area contributed by atoms with Crippen LogP contribution in [0.1, 0.15) is 13.3 Å². The molecule has 1 atom stereocenters. The van der Waals surface area contributed by atoms with Crippen molar-refractivity contribution >= 4 is 17.7 Å².